The summed E-state index contributed by atoms with van der Waals surface area (Å²) < 4.78 is 19.6. The van der Waals surface area contributed by atoms with Crippen molar-refractivity contribution < 1.29 is 23.8 Å². The Bertz CT molecular complexity index is 1880. The number of carbonyl (C=O) groups is 2. The fourth-order valence-corrected chi connectivity index (χ4v) is 5.37. The van der Waals surface area contributed by atoms with Crippen LogP contribution < -0.4 is 10.5 Å². The van der Waals surface area contributed by atoms with E-state index in [4.69, 9.17) is 15.5 Å². The zero-order valence-corrected chi connectivity index (χ0v) is 23.7. The van der Waals surface area contributed by atoms with Gasteiger partial charge in [0.1, 0.15) is 34.9 Å². The fourth-order valence-electron chi connectivity index (χ4n) is 5.37. The second-order valence-corrected chi connectivity index (χ2v) is 11.2. The molecular weight excluding hydrogens is 547 g/mol. The first-order valence-corrected chi connectivity index (χ1v) is 13.9. The molecule has 0 saturated heterocycles. The molecular formula is C34H29FN4O4. The highest BCUT2D eigenvalue weighted by Gasteiger charge is 2.45. The third kappa shape index (κ3) is 5.12. The average molecular weight is 577 g/mol. The van der Waals surface area contributed by atoms with E-state index in [1.807, 2.05) is 30.3 Å². The smallest absolute Gasteiger partial charge is 0.231 e. The number of rotatable bonds is 8. The Morgan fingerprint density at radius 3 is 2.53 bits per heavy atom. The highest BCUT2D eigenvalue weighted by molar-refractivity contribution is 6.03. The van der Waals surface area contributed by atoms with Gasteiger partial charge in [0, 0.05) is 46.5 Å². The molecule has 3 N–H and O–H groups in total. The van der Waals surface area contributed by atoms with Crippen molar-refractivity contribution in [1.29, 1.82) is 0 Å². The number of ketones is 1. The average Bonchev–Trinajstić information content (AvgIpc) is 3.37. The summed E-state index contributed by atoms with van der Waals surface area (Å²) in [5.74, 6) is -0.817. The van der Waals surface area contributed by atoms with Crippen LogP contribution in [-0.4, -0.2) is 38.4 Å². The number of benzene rings is 2. The molecule has 6 rings (SSSR count). The lowest BCUT2D eigenvalue weighted by atomic mass is 9.81. The predicted molar refractivity (Wildman–Crippen MR) is 160 cm³/mol. The maximum Gasteiger partial charge on any atom is 0.231 e. The lowest BCUT2D eigenvalue weighted by Crippen LogP contribution is -2.40. The van der Waals surface area contributed by atoms with Gasteiger partial charge in [-0.1, -0.05) is 12.1 Å². The number of fused-ring (bicyclic) bond motifs is 2. The number of primary amides is 1. The largest absolute Gasteiger partial charge is 0.489 e. The van der Waals surface area contributed by atoms with Crippen molar-refractivity contribution >= 4 is 22.6 Å². The summed E-state index contributed by atoms with van der Waals surface area (Å²) in [6, 6.07) is 20.2. The third-order valence-corrected chi connectivity index (χ3v) is 8.09. The molecule has 0 saturated carbocycles. The minimum Gasteiger partial charge on any atom is -0.489 e. The Morgan fingerprint density at radius 1 is 1.05 bits per heavy atom. The van der Waals surface area contributed by atoms with Crippen molar-refractivity contribution in [2.45, 2.75) is 37.7 Å². The number of carbonyl (C=O) groups excluding carboxylic acids is 2. The molecule has 0 spiro atoms. The number of nitrogens with two attached hydrogens (primary N) is 1. The van der Waals surface area contributed by atoms with Gasteiger partial charge in [-0.15, -0.1) is 0 Å². The number of hydrogen-bond acceptors (Lipinski definition) is 7. The zero-order chi connectivity index (χ0) is 30.4. The second kappa shape index (κ2) is 10.7. The lowest BCUT2D eigenvalue weighted by Gasteiger charge is -2.26. The van der Waals surface area contributed by atoms with Crippen molar-refractivity contribution in [1.82, 2.24) is 15.0 Å². The van der Waals surface area contributed by atoms with E-state index in [1.165, 1.54) is 12.1 Å². The van der Waals surface area contributed by atoms with Gasteiger partial charge in [-0.2, -0.15) is 0 Å². The van der Waals surface area contributed by atoms with Crippen LogP contribution in [0.4, 0.5) is 4.39 Å². The maximum absolute atomic E-state index is 13.7. The summed E-state index contributed by atoms with van der Waals surface area (Å²) in [6.07, 6.45) is 3.44. The molecule has 0 radical (unpaired) electrons. The van der Waals surface area contributed by atoms with Gasteiger partial charge in [0.05, 0.1) is 16.9 Å². The molecule has 9 heteroatoms. The first kappa shape index (κ1) is 28.1. The van der Waals surface area contributed by atoms with Crippen LogP contribution >= 0.6 is 0 Å². The SMILES string of the molecule is C[C@](O)(CCC(=O)c1cc(-c2ccccn2)c2ncccc2c1)c1cc2c(c(-c3ccc(F)cc3)n1)OC[C@]2(C)C(N)=O. The van der Waals surface area contributed by atoms with E-state index in [9.17, 15) is 19.1 Å². The highest BCUT2D eigenvalue weighted by atomic mass is 19.1. The Balaban J connectivity index is 1.35. The summed E-state index contributed by atoms with van der Waals surface area (Å²) in [6.45, 7) is 3.25. The minimum atomic E-state index is -1.57. The minimum absolute atomic E-state index is 0.00699. The van der Waals surface area contributed by atoms with Crippen molar-refractivity contribution in [3.8, 4) is 28.3 Å². The van der Waals surface area contributed by atoms with Crippen molar-refractivity contribution in [3.63, 3.8) is 0 Å². The van der Waals surface area contributed by atoms with Crippen LogP contribution in [0.5, 0.6) is 5.75 Å². The third-order valence-electron chi connectivity index (χ3n) is 8.09. The van der Waals surface area contributed by atoms with Gasteiger partial charge in [-0.25, -0.2) is 9.37 Å². The van der Waals surface area contributed by atoms with E-state index >= 15 is 0 Å². The van der Waals surface area contributed by atoms with Gasteiger partial charge in [0.15, 0.2) is 5.78 Å². The normalized spacial score (nSPS) is 17.2. The van der Waals surface area contributed by atoms with Crippen molar-refractivity contribution in [2.24, 2.45) is 5.73 Å². The van der Waals surface area contributed by atoms with E-state index in [1.54, 1.807) is 56.6 Å². The summed E-state index contributed by atoms with van der Waals surface area (Å²) in [4.78, 5) is 39.7. The molecule has 216 valence electrons. The van der Waals surface area contributed by atoms with Crippen LogP contribution in [-0.2, 0) is 15.8 Å². The summed E-state index contributed by atoms with van der Waals surface area (Å²) in [5.41, 5.74) is 7.32. The molecule has 2 aromatic carbocycles. The number of ether oxygens (including phenoxy) is 1. The van der Waals surface area contributed by atoms with E-state index in [2.05, 4.69) is 9.97 Å². The summed E-state index contributed by atoms with van der Waals surface area (Å²) in [7, 11) is 0. The molecule has 4 heterocycles. The molecule has 5 aromatic rings. The predicted octanol–water partition coefficient (Wildman–Crippen LogP) is 5.50. The van der Waals surface area contributed by atoms with Crippen LogP contribution in [0.2, 0.25) is 0 Å². The molecule has 0 fully saturated rings. The van der Waals surface area contributed by atoms with Crippen molar-refractivity contribution in [3.05, 3.63) is 108 Å². The standard InChI is InChI=1S/C34H29FN4O4/c1-33(32(36)41)19-43-31-25(33)18-28(39-30(31)20-8-10-23(35)11-9-20)34(2,42)13-12-27(40)22-16-21-6-5-15-38-29(21)24(17-22)26-7-3-4-14-37-26/h3-11,14-18,42H,12-13,19H2,1-2H3,(H2,36,41)/t33-,34-/m0/s1. The van der Waals surface area contributed by atoms with E-state index < -0.39 is 22.7 Å². The number of aromatic nitrogens is 3. The van der Waals surface area contributed by atoms with Gasteiger partial charge in [-0.05, 0) is 80.9 Å². The number of hydrogen-bond donors (Lipinski definition) is 2. The first-order valence-electron chi connectivity index (χ1n) is 13.9. The molecule has 0 bridgehead atoms. The van der Waals surface area contributed by atoms with Crippen LogP contribution in [0.15, 0.2) is 85.2 Å². The van der Waals surface area contributed by atoms with Crippen LogP contribution in [0.3, 0.4) is 0 Å². The monoisotopic (exact) mass is 576 g/mol. The van der Waals surface area contributed by atoms with Crippen LogP contribution in [0, 0.1) is 5.82 Å². The molecule has 8 nitrogen and oxygen atoms in total. The van der Waals surface area contributed by atoms with Crippen LogP contribution in [0.1, 0.15) is 48.3 Å². The topological polar surface area (TPSA) is 128 Å². The number of nitrogens with zero attached hydrogens (tertiary/aromatic N) is 3. The van der Waals surface area contributed by atoms with Crippen LogP contribution in [0.25, 0.3) is 33.4 Å². The van der Waals surface area contributed by atoms with Gasteiger partial charge >= 0.3 is 0 Å². The number of pyridine rings is 3. The molecule has 1 aliphatic heterocycles. The Labute approximate surface area is 247 Å². The number of Topliss-reactive ketones (excluding diaryl/α,β-unsaturated/α-hetero) is 1. The van der Waals surface area contributed by atoms with E-state index in [0.29, 0.717) is 33.8 Å². The molecule has 1 aliphatic rings. The van der Waals surface area contributed by atoms with Gasteiger partial charge in [-0.3, -0.25) is 19.6 Å². The number of amides is 1. The lowest BCUT2D eigenvalue weighted by molar-refractivity contribution is -0.123. The molecule has 2 atom stereocenters. The quantitative estimate of drug-likeness (QED) is 0.233. The molecule has 0 aliphatic carbocycles. The second-order valence-electron chi connectivity index (χ2n) is 11.2. The van der Waals surface area contributed by atoms with E-state index in [-0.39, 0.29) is 30.9 Å². The van der Waals surface area contributed by atoms with Gasteiger partial charge in [0.25, 0.3) is 0 Å². The number of aliphatic hydroxyl groups is 1. The first-order chi connectivity index (χ1) is 20.6. The molecule has 1 amide bonds. The Kier molecular flexibility index (Phi) is 6.98. The van der Waals surface area contributed by atoms with Crippen molar-refractivity contribution in [2.75, 3.05) is 6.61 Å². The van der Waals surface area contributed by atoms with Gasteiger partial charge < -0.3 is 15.6 Å². The molecule has 3 aromatic heterocycles. The van der Waals surface area contributed by atoms with Gasteiger partial charge in [0.2, 0.25) is 5.91 Å². The zero-order valence-electron chi connectivity index (χ0n) is 23.7. The molecule has 43 heavy (non-hydrogen) atoms. The Morgan fingerprint density at radius 2 is 1.81 bits per heavy atom. The maximum atomic E-state index is 13.7. The molecule has 0 unspecified atom stereocenters. The van der Waals surface area contributed by atoms with E-state index in [0.717, 1.165) is 16.5 Å². The Hall–Kier alpha value is -5.02. The summed E-state index contributed by atoms with van der Waals surface area (Å²) in [5, 5.41) is 12.5. The fraction of sp³-hybridized carbons (Fsp3) is 0.206. The summed E-state index contributed by atoms with van der Waals surface area (Å²) >= 11 is 0. The number of halogens is 1. The highest BCUT2D eigenvalue weighted by Crippen LogP contribution is 2.46.